The number of ketones is 1. The van der Waals surface area contributed by atoms with Crippen LogP contribution < -0.4 is 5.32 Å². The third-order valence-electron chi connectivity index (χ3n) is 4.31. The van der Waals surface area contributed by atoms with Gasteiger partial charge in [-0.3, -0.25) is 9.59 Å². The molecule has 1 aromatic heterocycles. The Bertz CT molecular complexity index is 941. The summed E-state index contributed by atoms with van der Waals surface area (Å²) in [5.74, 6) is 0.424. The van der Waals surface area contributed by atoms with E-state index in [0.717, 1.165) is 11.1 Å². The second kappa shape index (κ2) is 5.49. The van der Waals surface area contributed by atoms with E-state index in [0.29, 0.717) is 22.5 Å². The van der Waals surface area contributed by atoms with Crippen molar-refractivity contribution in [3.05, 3.63) is 83.3 Å². The SMILES string of the molecule is CC(NC(=O)c1ccc2c(c1)C(=O)c1ccccc1-2)c1ccco1. The minimum atomic E-state index is -0.242. The first-order valence-electron chi connectivity index (χ1n) is 7.77. The van der Waals surface area contributed by atoms with Gasteiger partial charge in [0, 0.05) is 16.7 Å². The third-order valence-corrected chi connectivity index (χ3v) is 4.31. The highest BCUT2D eigenvalue weighted by atomic mass is 16.3. The molecule has 24 heavy (non-hydrogen) atoms. The maximum Gasteiger partial charge on any atom is 0.251 e. The van der Waals surface area contributed by atoms with Gasteiger partial charge in [-0.25, -0.2) is 0 Å². The van der Waals surface area contributed by atoms with Crippen molar-refractivity contribution in [2.75, 3.05) is 0 Å². The van der Waals surface area contributed by atoms with Crippen LogP contribution in [0, 0.1) is 0 Å². The Morgan fingerprint density at radius 2 is 1.71 bits per heavy atom. The lowest BCUT2D eigenvalue weighted by atomic mass is 10.0. The zero-order chi connectivity index (χ0) is 16.7. The summed E-state index contributed by atoms with van der Waals surface area (Å²) >= 11 is 0. The van der Waals surface area contributed by atoms with Gasteiger partial charge in [0.15, 0.2) is 5.78 Å². The molecule has 1 atom stereocenters. The van der Waals surface area contributed by atoms with Gasteiger partial charge >= 0.3 is 0 Å². The first-order chi connectivity index (χ1) is 11.6. The fourth-order valence-electron chi connectivity index (χ4n) is 3.06. The van der Waals surface area contributed by atoms with Gasteiger partial charge in [0.1, 0.15) is 5.76 Å². The first kappa shape index (κ1) is 14.5. The molecule has 1 aliphatic rings. The maximum atomic E-state index is 12.5. The van der Waals surface area contributed by atoms with E-state index in [9.17, 15) is 9.59 Å². The minimum absolute atomic E-state index is 0.0330. The number of hydrogen-bond acceptors (Lipinski definition) is 3. The summed E-state index contributed by atoms with van der Waals surface area (Å²) in [4.78, 5) is 25.0. The first-order valence-corrected chi connectivity index (χ1v) is 7.77. The van der Waals surface area contributed by atoms with Crippen LogP contribution in [0.2, 0.25) is 0 Å². The van der Waals surface area contributed by atoms with Crippen LogP contribution in [0.4, 0.5) is 0 Å². The normalized spacial score (nSPS) is 13.3. The maximum absolute atomic E-state index is 12.5. The van der Waals surface area contributed by atoms with Crippen molar-refractivity contribution in [1.82, 2.24) is 5.32 Å². The highest BCUT2D eigenvalue weighted by Gasteiger charge is 2.27. The molecule has 0 fully saturated rings. The van der Waals surface area contributed by atoms with E-state index < -0.39 is 0 Å². The molecule has 1 unspecified atom stereocenters. The Kier molecular flexibility index (Phi) is 3.31. The number of rotatable bonds is 3. The molecule has 1 N–H and O–H groups in total. The Morgan fingerprint density at radius 3 is 2.46 bits per heavy atom. The lowest BCUT2D eigenvalue weighted by Gasteiger charge is -2.12. The number of nitrogens with one attached hydrogen (secondary N) is 1. The molecular weight excluding hydrogens is 302 g/mol. The largest absolute Gasteiger partial charge is 0.467 e. The average Bonchev–Trinajstić information content (AvgIpc) is 3.23. The van der Waals surface area contributed by atoms with Crippen LogP contribution in [-0.4, -0.2) is 11.7 Å². The summed E-state index contributed by atoms with van der Waals surface area (Å²) in [7, 11) is 0. The Hall–Kier alpha value is -3.14. The summed E-state index contributed by atoms with van der Waals surface area (Å²) in [6.45, 7) is 1.85. The van der Waals surface area contributed by atoms with Gasteiger partial charge in [-0.2, -0.15) is 0 Å². The number of amides is 1. The van der Waals surface area contributed by atoms with Crippen molar-refractivity contribution in [2.45, 2.75) is 13.0 Å². The molecule has 4 rings (SSSR count). The van der Waals surface area contributed by atoms with Crippen LogP contribution in [0.25, 0.3) is 11.1 Å². The fraction of sp³-hybridized carbons (Fsp3) is 0.100. The predicted octanol–water partition coefficient (Wildman–Crippen LogP) is 3.98. The molecule has 4 heteroatoms. The highest BCUT2D eigenvalue weighted by Crippen LogP contribution is 2.36. The number of carbonyl (C=O) groups excluding carboxylic acids is 2. The van der Waals surface area contributed by atoms with Crippen molar-refractivity contribution in [3.63, 3.8) is 0 Å². The quantitative estimate of drug-likeness (QED) is 0.622. The Labute approximate surface area is 139 Å². The molecule has 1 amide bonds. The molecule has 0 saturated carbocycles. The summed E-state index contributed by atoms with van der Waals surface area (Å²) in [6.07, 6.45) is 1.57. The number of furan rings is 1. The standard InChI is InChI=1S/C20H15NO3/c1-12(18-7-4-10-24-18)21-20(23)13-8-9-15-14-5-2-3-6-16(14)19(22)17(15)11-13/h2-12H,1H3,(H,21,23). The summed E-state index contributed by atoms with van der Waals surface area (Å²) in [5.41, 5.74) is 3.54. The van der Waals surface area contributed by atoms with Gasteiger partial charge in [-0.05, 0) is 42.3 Å². The van der Waals surface area contributed by atoms with E-state index in [4.69, 9.17) is 4.42 Å². The van der Waals surface area contributed by atoms with Crippen LogP contribution >= 0.6 is 0 Å². The van der Waals surface area contributed by atoms with Crippen molar-refractivity contribution in [1.29, 1.82) is 0 Å². The van der Waals surface area contributed by atoms with Crippen LogP contribution in [0.3, 0.4) is 0 Å². The fourth-order valence-corrected chi connectivity index (χ4v) is 3.06. The molecule has 1 aliphatic carbocycles. The van der Waals surface area contributed by atoms with Crippen LogP contribution in [0.5, 0.6) is 0 Å². The van der Waals surface area contributed by atoms with Crippen LogP contribution in [0.1, 0.15) is 45.0 Å². The van der Waals surface area contributed by atoms with Gasteiger partial charge in [0.25, 0.3) is 5.91 Å². The van der Waals surface area contributed by atoms with Crippen molar-refractivity contribution in [3.8, 4) is 11.1 Å². The van der Waals surface area contributed by atoms with Crippen LogP contribution in [0.15, 0.2) is 65.3 Å². The molecule has 2 aromatic carbocycles. The van der Waals surface area contributed by atoms with Crippen molar-refractivity contribution in [2.24, 2.45) is 0 Å². The number of fused-ring (bicyclic) bond motifs is 3. The van der Waals surface area contributed by atoms with Gasteiger partial charge in [0.2, 0.25) is 0 Å². The zero-order valence-corrected chi connectivity index (χ0v) is 13.1. The zero-order valence-electron chi connectivity index (χ0n) is 13.1. The van der Waals surface area contributed by atoms with E-state index in [1.54, 1.807) is 24.5 Å². The lowest BCUT2D eigenvalue weighted by Crippen LogP contribution is -2.26. The van der Waals surface area contributed by atoms with E-state index >= 15 is 0 Å². The molecule has 0 bridgehead atoms. The molecule has 4 nitrogen and oxygen atoms in total. The Balaban J connectivity index is 1.63. The van der Waals surface area contributed by atoms with Gasteiger partial charge < -0.3 is 9.73 Å². The second-order valence-electron chi connectivity index (χ2n) is 5.85. The number of hydrogen-bond donors (Lipinski definition) is 1. The highest BCUT2D eigenvalue weighted by molar-refractivity contribution is 6.22. The third kappa shape index (κ3) is 2.24. The molecule has 0 spiro atoms. The minimum Gasteiger partial charge on any atom is -0.467 e. The monoisotopic (exact) mass is 317 g/mol. The van der Waals surface area contributed by atoms with Gasteiger partial charge in [0.05, 0.1) is 12.3 Å². The van der Waals surface area contributed by atoms with Gasteiger partial charge in [-0.15, -0.1) is 0 Å². The van der Waals surface area contributed by atoms with Crippen molar-refractivity contribution < 1.29 is 14.0 Å². The topological polar surface area (TPSA) is 59.3 Å². The van der Waals surface area contributed by atoms with Gasteiger partial charge in [-0.1, -0.05) is 30.3 Å². The van der Waals surface area contributed by atoms with E-state index in [-0.39, 0.29) is 17.7 Å². The Morgan fingerprint density at radius 1 is 0.958 bits per heavy atom. The summed E-state index contributed by atoms with van der Waals surface area (Å²) in [6, 6.07) is 16.1. The summed E-state index contributed by atoms with van der Waals surface area (Å²) < 4.78 is 5.30. The smallest absolute Gasteiger partial charge is 0.251 e. The van der Waals surface area contributed by atoms with Crippen molar-refractivity contribution >= 4 is 11.7 Å². The molecule has 3 aromatic rings. The molecule has 0 radical (unpaired) electrons. The summed E-state index contributed by atoms with van der Waals surface area (Å²) in [5, 5.41) is 2.88. The molecule has 0 saturated heterocycles. The lowest BCUT2D eigenvalue weighted by molar-refractivity contribution is 0.0935. The number of carbonyl (C=O) groups is 2. The second-order valence-corrected chi connectivity index (χ2v) is 5.85. The predicted molar refractivity (Wildman–Crippen MR) is 89.9 cm³/mol. The average molecular weight is 317 g/mol. The molecular formula is C20H15NO3. The van der Waals surface area contributed by atoms with Crippen LogP contribution in [-0.2, 0) is 0 Å². The molecule has 0 aliphatic heterocycles. The van der Waals surface area contributed by atoms with E-state index in [2.05, 4.69) is 5.32 Å². The van der Waals surface area contributed by atoms with E-state index in [1.807, 2.05) is 43.3 Å². The molecule has 118 valence electrons. The number of benzene rings is 2. The van der Waals surface area contributed by atoms with E-state index in [1.165, 1.54) is 0 Å². The molecule has 1 heterocycles.